The molecule has 1 saturated heterocycles. The fourth-order valence-electron chi connectivity index (χ4n) is 3.21. The van der Waals surface area contributed by atoms with Gasteiger partial charge >= 0.3 is 0 Å². The monoisotopic (exact) mass is 350 g/mol. The summed E-state index contributed by atoms with van der Waals surface area (Å²) in [4.78, 5) is 20.5. The molecular formula is C20H19FN4O. The Balaban J connectivity index is 1.40. The summed E-state index contributed by atoms with van der Waals surface area (Å²) in [5.41, 5.74) is 2.30. The van der Waals surface area contributed by atoms with Gasteiger partial charge in [-0.2, -0.15) is 0 Å². The number of pyridine rings is 1. The van der Waals surface area contributed by atoms with Crippen LogP contribution in [0.25, 0.3) is 11.7 Å². The lowest BCUT2D eigenvalue weighted by atomic mass is 10.2. The van der Waals surface area contributed by atoms with Crippen LogP contribution in [0.15, 0.2) is 60.9 Å². The van der Waals surface area contributed by atoms with Crippen molar-refractivity contribution in [3.8, 4) is 0 Å². The molecule has 2 aromatic heterocycles. The highest BCUT2D eigenvalue weighted by atomic mass is 19.1. The zero-order valence-electron chi connectivity index (χ0n) is 14.3. The summed E-state index contributed by atoms with van der Waals surface area (Å²) in [5.74, 6) is -0.260. The largest absolute Gasteiger partial charge is 0.366 e. The number of halogens is 1. The molecule has 0 radical (unpaired) electrons. The summed E-state index contributed by atoms with van der Waals surface area (Å²) in [6.07, 6.45) is 7.02. The number of para-hydroxylation sites is 1. The molecule has 0 atom stereocenters. The van der Waals surface area contributed by atoms with E-state index in [2.05, 4.69) is 4.98 Å². The van der Waals surface area contributed by atoms with Crippen LogP contribution in [0.3, 0.4) is 0 Å². The molecule has 0 aliphatic carbocycles. The first-order chi connectivity index (χ1) is 12.7. The Morgan fingerprint density at radius 2 is 1.81 bits per heavy atom. The molecule has 1 aliphatic heterocycles. The number of amides is 1. The lowest BCUT2D eigenvalue weighted by Gasteiger charge is -2.35. The Labute approximate surface area is 151 Å². The van der Waals surface area contributed by atoms with Crippen LogP contribution in [0.2, 0.25) is 0 Å². The molecule has 1 amide bonds. The lowest BCUT2D eigenvalue weighted by Crippen LogP contribution is -2.48. The van der Waals surface area contributed by atoms with Crippen LogP contribution in [0.4, 0.5) is 10.1 Å². The number of aromatic nitrogens is 2. The van der Waals surface area contributed by atoms with E-state index in [1.165, 1.54) is 6.07 Å². The van der Waals surface area contributed by atoms with E-state index >= 15 is 0 Å². The van der Waals surface area contributed by atoms with Crippen LogP contribution in [-0.4, -0.2) is 46.4 Å². The number of hydrogen-bond donors (Lipinski definition) is 0. The van der Waals surface area contributed by atoms with E-state index in [1.54, 1.807) is 35.4 Å². The number of anilines is 1. The third-order valence-corrected chi connectivity index (χ3v) is 4.63. The number of carbonyl (C=O) groups is 1. The maximum Gasteiger partial charge on any atom is 0.246 e. The van der Waals surface area contributed by atoms with Crippen molar-refractivity contribution in [2.75, 3.05) is 31.1 Å². The van der Waals surface area contributed by atoms with Gasteiger partial charge < -0.3 is 14.2 Å². The Morgan fingerprint density at radius 1 is 1.04 bits per heavy atom. The van der Waals surface area contributed by atoms with Crippen LogP contribution in [0.5, 0.6) is 0 Å². The maximum atomic E-state index is 13.9. The van der Waals surface area contributed by atoms with Gasteiger partial charge in [0.25, 0.3) is 0 Å². The smallest absolute Gasteiger partial charge is 0.246 e. The average molecular weight is 350 g/mol. The summed E-state index contributed by atoms with van der Waals surface area (Å²) in [7, 11) is 0. The van der Waals surface area contributed by atoms with E-state index < -0.39 is 0 Å². The van der Waals surface area contributed by atoms with Gasteiger partial charge in [-0.3, -0.25) is 4.79 Å². The number of fused-ring (bicyclic) bond motifs is 1. The Bertz CT molecular complexity index is 957. The van der Waals surface area contributed by atoms with Crippen molar-refractivity contribution in [1.29, 1.82) is 0 Å². The van der Waals surface area contributed by atoms with Gasteiger partial charge in [0.1, 0.15) is 11.5 Å². The summed E-state index contributed by atoms with van der Waals surface area (Å²) < 4.78 is 15.8. The average Bonchev–Trinajstić information content (AvgIpc) is 3.10. The molecule has 0 bridgehead atoms. The normalized spacial score (nSPS) is 15.1. The highest BCUT2D eigenvalue weighted by Gasteiger charge is 2.21. The first-order valence-corrected chi connectivity index (χ1v) is 8.61. The number of rotatable bonds is 3. The molecule has 0 spiro atoms. The fraction of sp³-hybridized carbons (Fsp3) is 0.200. The number of carbonyl (C=O) groups excluding carboxylic acids is 1. The first kappa shape index (κ1) is 16.3. The van der Waals surface area contributed by atoms with Crippen LogP contribution in [0.1, 0.15) is 5.69 Å². The van der Waals surface area contributed by atoms with Gasteiger partial charge in [-0.15, -0.1) is 0 Å². The minimum atomic E-state index is -0.222. The molecule has 6 heteroatoms. The lowest BCUT2D eigenvalue weighted by molar-refractivity contribution is -0.126. The number of nitrogens with zero attached hydrogens (tertiary/aromatic N) is 4. The molecule has 3 aromatic rings. The van der Waals surface area contributed by atoms with Gasteiger partial charge in [0.15, 0.2) is 0 Å². The second-order valence-corrected chi connectivity index (χ2v) is 6.21. The summed E-state index contributed by atoms with van der Waals surface area (Å²) in [5, 5.41) is 0. The number of imidazole rings is 1. The van der Waals surface area contributed by atoms with Crippen LogP contribution < -0.4 is 4.90 Å². The minimum Gasteiger partial charge on any atom is -0.366 e. The van der Waals surface area contributed by atoms with Crippen molar-refractivity contribution in [3.63, 3.8) is 0 Å². The fourth-order valence-corrected chi connectivity index (χ4v) is 3.21. The molecule has 1 aliphatic rings. The van der Waals surface area contributed by atoms with E-state index in [9.17, 15) is 9.18 Å². The van der Waals surface area contributed by atoms with E-state index in [1.807, 2.05) is 39.8 Å². The molecule has 1 fully saturated rings. The second-order valence-electron chi connectivity index (χ2n) is 6.21. The number of hydrogen-bond acceptors (Lipinski definition) is 3. The third-order valence-electron chi connectivity index (χ3n) is 4.63. The molecular weight excluding hydrogens is 331 g/mol. The quantitative estimate of drug-likeness (QED) is 0.682. The van der Waals surface area contributed by atoms with Crippen molar-refractivity contribution in [2.24, 2.45) is 0 Å². The SMILES string of the molecule is O=C(/C=C/c1cnc2ccccn12)N1CCN(c2ccccc2F)CC1. The second kappa shape index (κ2) is 7.00. The van der Waals surface area contributed by atoms with Crippen LogP contribution >= 0.6 is 0 Å². The Hall–Kier alpha value is -3.15. The molecule has 0 saturated carbocycles. The predicted octanol–water partition coefficient (Wildman–Crippen LogP) is 2.84. The molecule has 1 aromatic carbocycles. The Morgan fingerprint density at radius 3 is 2.62 bits per heavy atom. The molecule has 26 heavy (non-hydrogen) atoms. The van der Waals surface area contributed by atoms with Crippen LogP contribution in [0, 0.1) is 5.82 Å². The molecule has 4 rings (SSSR count). The predicted molar refractivity (Wildman–Crippen MR) is 99.4 cm³/mol. The van der Waals surface area contributed by atoms with Gasteiger partial charge in [-0.25, -0.2) is 9.37 Å². The van der Waals surface area contributed by atoms with Gasteiger partial charge in [-0.05, 0) is 30.3 Å². The van der Waals surface area contributed by atoms with Crippen molar-refractivity contribution in [3.05, 3.63) is 72.4 Å². The van der Waals surface area contributed by atoms with Gasteiger partial charge in [0.2, 0.25) is 5.91 Å². The standard InChI is InChI=1S/C20H19FN4O/c21-17-5-1-2-6-18(17)23-11-13-24(14-12-23)20(26)9-8-16-15-22-19-7-3-4-10-25(16)19/h1-10,15H,11-14H2/b9-8+. The molecule has 0 N–H and O–H groups in total. The molecule has 5 nitrogen and oxygen atoms in total. The van der Waals surface area contributed by atoms with Gasteiger partial charge in [0.05, 0.1) is 17.6 Å². The number of piperazine rings is 1. The van der Waals surface area contributed by atoms with Gasteiger partial charge in [-0.1, -0.05) is 18.2 Å². The molecule has 3 heterocycles. The summed E-state index contributed by atoms with van der Waals surface area (Å²) in [6, 6.07) is 12.5. The highest BCUT2D eigenvalue weighted by Crippen LogP contribution is 2.20. The maximum absolute atomic E-state index is 13.9. The zero-order chi connectivity index (χ0) is 17.9. The van der Waals surface area contributed by atoms with E-state index in [-0.39, 0.29) is 11.7 Å². The Kier molecular flexibility index (Phi) is 4.39. The van der Waals surface area contributed by atoms with Gasteiger partial charge in [0, 0.05) is 38.5 Å². The number of benzene rings is 1. The van der Waals surface area contributed by atoms with E-state index in [4.69, 9.17) is 0 Å². The zero-order valence-corrected chi connectivity index (χ0v) is 14.3. The molecule has 132 valence electrons. The minimum absolute atomic E-state index is 0.0379. The van der Waals surface area contributed by atoms with Crippen molar-refractivity contribution >= 4 is 23.3 Å². The van der Waals surface area contributed by atoms with Crippen LogP contribution in [-0.2, 0) is 4.79 Å². The topological polar surface area (TPSA) is 40.9 Å². The highest BCUT2D eigenvalue weighted by molar-refractivity contribution is 5.91. The molecule has 0 unspecified atom stereocenters. The first-order valence-electron chi connectivity index (χ1n) is 8.61. The summed E-state index contributed by atoms with van der Waals surface area (Å²) >= 11 is 0. The third kappa shape index (κ3) is 3.18. The van der Waals surface area contributed by atoms with E-state index in [0.717, 1.165) is 11.3 Å². The van der Waals surface area contributed by atoms with E-state index in [0.29, 0.717) is 31.9 Å². The van der Waals surface area contributed by atoms with Crippen molar-refractivity contribution in [1.82, 2.24) is 14.3 Å². The van der Waals surface area contributed by atoms with Crippen molar-refractivity contribution in [2.45, 2.75) is 0 Å². The van der Waals surface area contributed by atoms with Crippen molar-refractivity contribution < 1.29 is 9.18 Å². The summed E-state index contributed by atoms with van der Waals surface area (Å²) in [6.45, 7) is 2.39.